The Labute approximate surface area is 112 Å². The fourth-order valence-corrected chi connectivity index (χ4v) is 1.54. The van der Waals surface area contributed by atoms with E-state index in [1.54, 1.807) is 6.07 Å². The van der Waals surface area contributed by atoms with Crippen LogP contribution in [0.4, 0.5) is 8.78 Å². The second-order valence-corrected chi connectivity index (χ2v) is 3.78. The molecule has 0 aliphatic rings. The van der Waals surface area contributed by atoms with Crippen LogP contribution in [0.3, 0.4) is 0 Å². The van der Waals surface area contributed by atoms with E-state index in [4.69, 9.17) is 15.1 Å². The summed E-state index contributed by atoms with van der Waals surface area (Å²) in [6, 6.07) is 9.04. The van der Waals surface area contributed by atoms with Gasteiger partial charge < -0.3 is 9.84 Å². The average Bonchev–Trinajstić information content (AvgIpc) is 2.42. The molecule has 0 unspecified atom stereocenters. The van der Waals surface area contributed by atoms with Gasteiger partial charge in [0, 0.05) is 0 Å². The topological polar surface area (TPSA) is 70.3 Å². The SMILES string of the molecule is N#Cc1ccccc1Oc1c(F)cc(C(=O)O)cc1F. The number of aromatic carboxylic acids is 1. The van der Waals surface area contributed by atoms with Gasteiger partial charge in [-0.2, -0.15) is 5.26 Å². The van der Waals surface area contributed by atoms with Crippen LogP contribution in [0.5, 0.6) is 11.5 Å². The van der Waals surface area contributed by atoms with Crippen molar-refractivity contribution in [3.63, 3.8) is 0 Å². The summed E-state index contributed by atoms with van der Waals surface area (Å²) >= 11 is 0. The first kappa shape index (κ1) is 13.5. The molecule has 0 heterocycles. The molecule has 0 aromatic heterocycles. The summed E-state index contributed by atoms with van der Waals surface area (Å²) < 4.78 is 32.4. The van der Waals surface area contributed by atoms with Crippen LogP contribution in [0.15, 0.2) is 36.4 Å². The van der Waals surface area contributed by atoms with Crippen molar-refractivity contribution in [2.24, 2.45) is 0 Å². The first-order chi connectivity index (χ1) is 9.52. The number of hydrogen-bond donors (Lipinski definition) is 1. The first-order valence-corrected chi connectivity index (χ1v) is 5.42. The molecule has 20 heavy (non-hydrogen) atoms. The largest absolute Gasteiger partial charge is 0.478 e. The molecule has 2 rings (SSSR count). The van der Waals surface area contributed by atoms with Crippen molar-refractivity contribution in [3.8, 4) is 17.6 Å². The number of carboxylic acid groups (broad SMARTS) is 1. The Bertz CT molecular complexity index is 700. The maximum Gasteiger partial charge on any atom is 0.335 e. The standard InChI is InChI=1S/C14H7F2NO3/c15-10-5-9(14(18)19)6-11(16)13(10)20-12-4-2-1-3-8(12)7-17/h1-6H,(H,18,19). The monoisotopic (exact) mass is 275 g/mol. The molecule has 2 aromatic carbocycles. The van der Waals surface area contributed by atoms with Crippen LogP contribution < -0.4 is 4.74 Å². The molecule has 0 atom stereocenters. The van der Waals surface area contributed by atoms with Crippen molar-refractivity contribution < 1.29 is 23.4 Å². The van der Waals surface area contributed by atoms with Crippen LogP contribution in [0.25, 0.3) is 0 Å². The van der Waals surface area contributed by atoms with Gasteiger partial charge >= 0.3 is 5.97 Å². The van der Waals surface area contributed by atoms with Gasteiger partial charge in [0.1, 0.15) is 11.8 Å². The number of para-hydroxylation sites is 1. The predicted octanol–water partition coefficient (Wildman–Crippen LogP) is 3.33. The highest BCUT2D eigenvalue weighted by Gasteiger charge is 2.17. The number of halogens is 2. The van der Waals surface area contributed by atoms with E-state index in [0.29, 0.717) is 12.1 Å². The molecule has 0 radical (unpaired) electrons. The second-order valence-electron chi connectivity index (χ2n) is 3.78. The molecule has 0 saturated heterocycles. The Morgan fingerprint density at radius 3 is 2.35 bits per heavy atom. The minimum atomic E-state index is -1.45. The lowest BCUT2D eigenvalue weighted by Gasteiger charge is -2.09. The number of hydrogen-bond acceptors (Lipinski definition) is 3. The molecule has 4 nitrogen and oxygen atoms in total. The molecule has 6 heteroatoms. The number of carbonyl (C=O) groups is 1. The molecule has 0 aliphatic carbocycles. The van der Waals surface area contributed by atoms with Gasteiger partial charge in [-0.25, -0.2) is 13.6 Å². The van der Waals surface area contributed by atoms with Crippen LogP contribution in [0.1, 0.15) is 15.9 Å². The summed E-state index contributed by atoms with van der Waals surface area (Å²) in [5, 5.41) is 17.5. The number of nitriles is 1. The molecule has 0 saturated carbocycles. The highest BCUT2D eigenvalue weighted by Crippen LogP contribution is 2.30. The summed E-state index contributed by atoms with van der Waals surface area (Å²) in [6.07, 6.45) is 0. The van der Waals surface area contributed by atoms with E-state index in [1.165, 1.54) is 18.2 Å². The Balaban J connectivity index is 2.45. The summed E-state index contributed by atoms with van der Waals surface area (Å²) in [5.41, 5.74) is -0.422. The van der Waals surface area contributed by atoms with Crippen molar-refractivity contribution in [3.05, 3.63) is 59.2 Å². The van der Waals surface area contributed by atoms with E-state index in [1.807, 2.05) is 6.07 Å². The highest BCUT2D eigenvalue weighted by molar-refractivity contribution is 5.87. The Hall–Kier alpha value is -2.94. The average molecular weight is 275 g/mol. The number of ether oxygens (including phenoxy) is 1. The van der Waals surface area contributed by atoms with Crippen LogP contribution in [-0.4, -0.2) is 11.1 Å². The molecule has 0 aliphatic heterocycles. The van der Waals surface area contributed by atoms with Gasteiger partial charge in [0.2, 0.25) is 0 Å². The van der Waals surface area contributed by atoms with Crippen LogP contribution in [-0.2, 0) is 0 Å². The normalized spacial score (nSPS) is 9.85. The van der Waals surface area contributed by atoms with E-state index in [2.05, 4.69) is 0 Å². The zero-order chi connectivity index (χ0) is 14.7. The van der Waals surface area contributed by atoms with Crippen molar-refractivity contribution in [1.29, 1.82) is 5.26 Å². The van der Waals surface area contributed by atoms with E-state index in [9.17, 15) is 13.6 Å². The predicted molar refractivity (Wildman–Crippen MR) is 64.5 cm³/mol. The summed E-state index contributed by atoms with van der Waals surface area (Å²) in [6.45, 7) is 0. The third-order valence-electron chi connectivity index (χ3n) is 2.46. The molecule has 100 valence electrons. The lowest BCUT2D eigenvalue weighted by molar-refractivity contribution is 0.0695. The van der Waals surface area contributed by atoms with Gasteiger partial charge in [0.05, 0.1) is 11.1 Å². The van der Waals surface area contributed by atoms with Crippen molar-refractivity contribution >= 4 is 5.97 Å². The van der Waals surface area contributed by atoms with Gasteiger partial charge in [0.15, 0.2) is 17.4 Å². The first-order valence-electron chi connectivity index (χ1n) is 5.42. The fourth-order valence-electron chi connectivity index (χ4n) is 1.54. The summed E-state index contributed by atoms with van der Waals surface area (Å²) in [7, 11) is 0. The molecule has 0 bridgehead atoms. The second kappa shape index (κ2) is 5.36. The number of carboxylic acids is 1. The third-order valence-corrected chi connectivity index (χ3v) is 2.46. The maximum atomic E-state index is 13.7. The third kappa shape index (κ3) is 2.57. The zero-order valence-electron chi connectivity index (χ0n) is 9.93. The Morgan fingerprint density at radius 2 is 1.80 bits per heavy atom. The van der Waals surface area contributed by atoms with Crippen molar-refractivity contribution in [2.45, 2.75) is 0 Å². The Kier molecular flexibility index (Phi) is 3.62. The quantitative estimate of drug-likeness (QED) is 0.932. The molecule has 0 fully saturated rings. The smallest absolute Gasteiger partial charge is 0.335 e. The van der Waals surface area contributed by atoms with Gasteiger partial charge in [-0.3, -0.25) is 0 Å². The fraction of sp³-hybridized carbons (Fsp3) is 0. The van der Waals surface area contributed by atoms with Gasteiger partial charge in [-0.15, -0.1) is 0 Å². The molecule has 2 aromatic rings. The maximum absolute atomic E-state index is 13.7. The molecule has 0 spiro atoms. The van der Waals surface area contributed by atoms with Crippen molar-refractivity contribution in [2.75, 3.05) is 0 Å². The molecule has 0 amide bonds. The van der Waals surface area contributed by atoms with Gasteiger partial charge in [-0.05, 0) is 24.3 Å². The highest BCUT2D eigenvalue weighted by atomic mass is 19.1. The minimum absolute atomic E-state index is 0.0177. The van der Waals surface area contributed by atoms with Crippen LogP contribution in [0.2, 0.25) is 0 Å². The zero-order valence-corrected chi connectivity index (χ0v) is 9.93. The van der Waals surface area contributed by atoms with E-state index in [0.717, 1.165) is 0 Å². The van der Waals surface area contributed by atoms with E-state index < -0.39 is 28.9 Å². The summed E-state index contributed by atoms with van der Waals surface area (Å²) in [5.74, 6) is -4.54. The molecular formula is C14H7F2NO3. The van der Waals surface area contributed by atoms with Gasteiger partial charge in [-0.1, -0.05) is 12.1 Å². The lowest BCUT2D eigenvalue weighted by Crippen LogP contribution is -2.01. The number of rotatable bonds is 3. The van der Waals surface area contributed by atoms with Crippen molar-refractivity contribution in [1.82, 2.24) is 0 Å². The number of nitrogens with zero attached hydrogens (tertiary/aromatic N) is 1. The summed E-state index contributed by atoms with van der Waals surface area (Å²) in [4.78, 5) is 10.7. The number of benzene rings is 2. The minimum Gasteiger partial charge on any atom is -0.478 e. The van der Waals surface area contributed by atoms with E-state index in [-0.39, 0.29) is 11.3 Å². The van der Waals surface area contributed by atoms with Crippen LogP contribution in [0, 0.1) is 23.0 Å². The Morgan fingerprint density at radius 1 is 1.20 bits per heavy atom. The van der Waals surface area contributed by atoms with Gasteiger partial charge in [0.25, 0.3) is 0 Å². The molecule has 1 N–H and O–H groups in total. The van der Waals surface area contributed by atoms with E-state index >= 15 is 0 Å². The van der Waals surface area contributed by atoms with Crippen LogP contribution >= 0.6 is 0 Å². The lowest BCUT2D eigenvalue weighted by atomic mass is 10.2. The molecular weight excluding hydrogens is 268 g/mol.